The summed E-state index contributed by atoms with van der Waals surface area (Å²) in [7, 11) is 0. The van der Waals surface area contributed by atoms with Crippen molar-refractivity contribution >= 4 is 16.9 Å². The summed E-state index contributed by atoms with van der Waals surface area (Å²) in [4.78, 5) is 33.0. The fourth-order valence-electron chi connectivity index (χ4n) is 3.96. The minimum Gasteiger partial charge on any atom is -0.618 e. The number of halogens is 2. The van der Waals surface area contributed by atoms with Crippen LogP contribution in [0, 0.1) is 16.8 Å². The number of hydrogen-bond donors (Lipinski definition) is 2. The third-order valence-electron chi connectivity index (χ3n) is 5.79. The summed E-state index contributed by atoms with van der Waals surface area (Å²) in [6.07, 6.45) is 6.27. The van der Waals surface area contributed by atoms with Crippen molar-refractivity contribution in [3.63, 3.8) is 0 Å². The van der Waals surface area contributed by atoms with Gasteiger partial charge in [0.1, 0.15) is 17.8 Å². The molecule has 1 aromatic carbocycles. The van der Waals surface area contributed by atoms with Gasteiger partial charge in [-0.3, -0.25) is 9.59 Å². The Morgan fingerprint density at radius 1 is 1.11 bits per heavy atom. The number of hydrogen-bond acceptors (Lipinski definition) is 4. The fourth-order valence-corrected chi connectivity index (χ4v) is 3.96. The molecule has 0 saturated carbocycles. The summed E-state index contributed by atoms with van der Waals surface area (Å²) < 4.78 is 28.6. The Balaban J connectivity index is 1.35. The van der Waals surface area contributed by atoms with Crippen molar-refractivity contribution in [3.05, 3.63) is 123 Å². The van der Waals surface area contributed by atoms with Crippen LogP contribution in [0.1, 0.15) is 21.6 Å². The number of benzene rings is 1. The average molecular weight is 487 g/mol. The van der Waals surface area contributed by atoms with Gasteiger partial charge in [0.25, 0.3) is 11.5 Å². The quantitative estimate of drug-likeness (QED) is 0.283. The van der Waals surface area contributed by atoms with E-state index in [9.17, 15) is 23.6 Å². The second-order valence-electron chi connectivity index (χ2n) is 8.12. The molecule has 0 aliphatic heterocycles. The molecule has 36 heavy (non-hydrogen) atoms. The fraction of sp³-hybridized carbons (Fsp3) is 0.0769. The third-order valence-corrected chi connectivity index (χ3v) is 5.79. The largest absolute Gasteiger partial charge is 0.618 e. The molecule has 5 rings (SSSR count). The van der Waals surface area contributed by atoms with Crippen LogP contribution in [0.2, 0.25) is 0 Å². The zero-order chi connectivity index (χ0) is 25.2. The highest BCUT2D eigenvalue weighted by molar-refractivity contribution is 5.94. The number of carbonyl (C=O) groups is 1. The molecule has 0 spiro atoms. The molecule has 4 heterocycles. The van der Waals surface area contributed by atoms with Crippen LogP contribution >= 0.6 is 0 Å². The monoisotopic (exact) mass is 487 g/mol. The SMILES string of the molecule is O=C(NCc1cc(-c2c[nH]c3ncccc23)cc[n+]1[O-])c1cccn(Cc2ccc(F)c(F)c2)c1=O. The summed E-state index contributed by atoms with van der Waals surface area (Å²) >= 11 is 0. The summed E-state index contributed by atoms with van der Waals surface area (Å²) in [5.74, 6) is -2.67. The Hall–Kier alpha value is -4.86. The van der Waals surface area contributed by atoms with Crippen LogP contribution in [-0.2, 0) is 13.1 Å². The number of fused-ring (bicyclic) bond motifs is 1. The number of aromatic nitrogens is 4. The minimum atomic E-state index is -1.02. The maximum atomic E-state index is 13.5. The molecule has 0 radical (unpaired) electrons. The van der Waals surface area contributed by atoms with Crippen LogP contribution in [0.3, 0.4) is 0 Å². The summed E-state index contributed by atoms with van der Waals surface area (Å²) in [5.41, 5.74) is 2.23. The molecule has 8 nitrogen and oxygen atoms in total. The molecule has 4 aromatic heterocycles. The second-order valence-corrected chi connectivity index (χ2v) is 8.12. The molecule has 0 atom stereocenters. The van der Waals surface area contributed by atoms with Crippen LogP contribution in [0.4, 0.5) is 8.78 Å². The lowest BCUT2D eigenvalue weighted by Crippen LogP contribution is -2.38. The topological polar surface area (TPSA) is 107 Å². The van der Waals surface area contributed by atoms with E-state index in [-0.39, 0.29) is 24.3 Å². The van der Waals surface area contributed by atoms with E-state index in [0.717, 1.165) is 28.6 Å². The van der Waals surface area contributed by atoms with Crippen molar-refractivity contribution in [1.82, 2.24) is 19.9 Å². The van der Waals surface area contributed by atoms with E-state index >= 15 is 0 Å². The molecule has 0 fully saturated rings. The lowest BCUT2D eigenvalue weighted by atomic mass is 10.1. The van der Waals surface area contributed by atoms with E-state index in [0.29, 0.717) is 15.9 Å². The van der Waals surface area contributed by atoms with Crippen molar-refractivity contribution in [2.45, 2.75) is 13.1 Å². The number of aromatic amines is 1. The molecule has 0 saturated heterocycles. The van der Waals surface area contributed by atoms with Crippen molar-refractivity contribution < 1.29 is 18.3 Å². The number of pyridine rings is 3. The Bertz CT molecular complexity index is 1660. The van der Waals surface area contributed by atoms with E-state index in [1.807, 2.05) is 12.1 Å². The van der Waals surface area contributed by atoms with E-state index in [1.54, 1.807) is 24.5 Å². The highest BCUT2D eigenvalue weighted by Crippen LogP contribution is 2.27. The first-order chi connectivity index (χ1) is 17.4. The van der Waals surface area contributed by atoms with Crippen LogP contribution < -0.4 is 15.6 Å². The molecule has 1 amide bonds. The van der Waals surface area contributed by atoms with Gasteiger partial charge in [-0.1, -0.05) is 6.07 Å². The number of nitrogens with zero attached hydrogens (tertiary/aromatic N) is 3. The van der Waals surface area contributed by atoms with Gasteiger partial charge in [0.15, 0.2) is 17.8 Å². The van der Waals surface area contributed by atoms with E-state index in [4.69, 9.17) is 0 Å². The van der Waals surface area contributed by atoms with Gasteiger partial charge in [0.05, 0.1) is 6.54 Å². The smallest absolute Gasteiger partial charge is 0.263 e. The molecule has 180 valence electrons. The molecular weight excluding hydrogens is 468 g/mol. The highest BCUT2D eigenvalue weighted by Gasteiger charge is 2.16. The highest BCUT2D eigenvalue weighted by atomic mass is 19.2. The molecule has 2 N–H and O–H groups in total. The van der Waals surface area contributed by atoms with Gasteiger partial charge >= 0.3 is 0 Å². The average Bonchev–Trinajstić information content (AvgIpc) is 3.31. The van der Waals surface area contributed by atoms with Gasteiger partial charge in [-0.25, -0.2) is 13.8 Å². The normalized spacial score (nSPS) is 11.1. The molecule has 0 bridgehead atoms. The number of H-pyrrole nitrogens is 1. The Labute approximate surface area is 203 Å². The Kier molecular flexibility index (Phi) is 5.99. The standard InChI is InChI=1S/C26H19F2N5O3/c27-22-6-5-16(11-23(22)28)15-32-9-2-4-20(26(32)35)25(34)31-13-18-12-17(7-10-33(18)36)21-14-30-24-19(21)3-1-8-29-24/h1-12,14H,13,15H2,(H,29,30)(H,31,34). The van der Waals surface area contributed by atoms with Crippen molar-refractivity contribution in [2.24, 2.45) is 0 Å². The first-order valence-corrected chi connectivity index (χ1v) is 11.0. The summed E-state index contributed by atoms with van der Waals surface area (Å²) in [6, 6.07) is 13.3. The molecular formula is C26H19F2N5O3. The lowest BCUT2D eigenvalue weighted by molar-refractivity contribution is -0.614. The van der Waals surface area contributed by atoms with Gasteiger partial charge in [0, 0.05) is 41.7 Å². The third kappa shape index (κ3) is 4.43. The van der Waals surface area contributed by atoms with Gasteiger partial charge in [-0.2, -0.15) is 4.73 Å². The number of rotatable bonds is 6. The van der Waals surface area contributed by atoms with Crippen LogP contribution in [0.5, 0.6) is 0 Å². The minimum absolute atomic E-state index is 0.0424. The van der Waals surface area contributed by atoms with E-state index < -0.39 is 23.1 Å². The van der Waals surface area contributed by atoms with Gasteiger partial charge < -0.3 is 20.1 Å². The zero-order valence-corrected chi connectivity index (χ0v) is 18.7. The van der Waals surface area contributed by atoms with Crippen LogP contribution in [0.15, 0.2) is 84.2 Å². The molecule has 5 aromatic rings. The van der Waals surface area contributed by atoms with E-state index in [2.05, 4.69) is 15.3 Å². The Morgan fingerprint density at radius 3 is 2.81 bits per heavy atom. The molecule has 0 aliphatic carbocycles. The zero-order valence-electron chi connectivity index (χ0n) is 18.7. The first kappa shape index (κ1) is 22.9. The van der Waals surface area contributed by atoms with Crippen molar-refractivity contribution in [3.8, 4) is 11.1 Å². The van der Waals surface area contributed by atoms with Crippen LogP contribution in [-0.4, -0.2) is 20.4 Å². The van der Waals surface area contributed by atoms with Gasteiger partial charge in [-0.15, -0.1) is 0 Å². The maximum absolute atomic E-state index is 13.5. The van der Waals surface area contributed by atoms with E-state index in [1.165, 1.54) is 35.2 Å². The predicted molar refractivity (Wildman–Crippen MR) is 128 cm³/mol. The number of carbonyl (C=O) groups excluding carboxylic acids is 1. The Morgan fingerprint density at radius 2 is 1.97 bits per heavy atom. The molecule has 10 heteroatoms. The number of nitrogens with one attached hydrogen (secondary N) is 2. The van der Waals surface area contributed by atoms with Crippen molar-refractivity contribution in [2.75, 3.05) is 0 Å². The molecule has 0 unspecified atom stereocenters. The molecule has 0 aliphatic rings. The lowest BCUT2D eigenvalue weighted by Gasteiger charge is -2.10. The van der Waals surface area contributed by atoms with Gasteiger partial charge in [0.2, 0.25) is 5.69 Å². The number of amides is 1. The first-order valence-electron chi connectivity index (χ1n) is 11.0. The summed E-state index contributed by atoms with van der Waals surface area (Å²) in [6.45, 7) is -0.159. The van der Waals surface area contributed by atoms with Crippen molar-refractivity contribution in [1.29, 1.82) is 0 Å². The van der Waals surface area contributed by atoms with Gasteiger partial charge in [-0.05, 0) is 47.5 Å². The maximum Gasteiger partial charge on any atom is 0.263 e. The van der Waals surface area contributed by atoms with Crippen LogP contribution in [0.25, 0.3) is 22.2 Å². The second kappa shape index (κ2) is 9.41. The summed E-state index contributed by atoms with van der Waals surface area (Å²) in [5, 5.41) is 15.9. The predicted octanol–water partition coefficient (Wildman–Crippen LogP) is 3.28.